The van der Waals surface area contributed by atoms with Gasteiger partial charge in [0.2, 0.25) is 0 Å². The Morgan fingerprint density at radius 1 is 1.47 bits per heavy atom. The molecule has 92 valence electrons. The highest BCUT2D eigenvalue weighted by Gasteiger charge is 2.41. The molecule has 2 rings (SSSR count). The van der Waals surface area contributed by atoms with Gasteiger partial charge in [0.05, 0.1) is 5.56 Å². The van der Waals surface area contributed by atoms with Crippen LogP contribution in [0.2, 0.25) is 0 Å². The molecule has 0 aromatic heterocycles. The predicted molar refractivity (Wildman–Crippen MR) is 72.9 cm³/mol. The smallest absolute Gasteiger partial charge is 0.252 e. The molecule has 0 unspecified atom stereocenters. The number of carbonyl (C=O) groups is 1. The SMILES string of the molecule is CSc1ccccc1C(=O)NCC1(CCl)CC1. The van der Waals surface area contributed by atoms with Gasteiger partial charge < -0.3 is 5.32 Å². The van der Waals surface area contributed by atoms with Crippen LogP contribution in [0.4, 0.5) is 0 Å². The molecule has 17 heavy (non-hydrogen) atoms. The molecule has 0 spiro atoms. The molecular formula is C13H16ClNOS. The lowest BCUT2D eigenvalue weighted by atomic mass is 10.1. The zero-order valence-corrected chi connectivity index (χ0v) is 11.4. The van der Waals surface area contributed by atoms with E-state index in [1.807, 2.05) is 30.5 Å². The normalized spacial score (nSPS) is 16.6. The minimum Gasteiger partial charge on any atom is -0.351 e. The lowest BCUT2D eigenvalue weighted by Gasteiger charge is -2.13. The van der Waals surface area contributed by atoms with E-state index in [0.717, 1.165) is 23.3 Å². The molecule has 4 heteroatoms. The predicted octanol–water partition coefficient (Wildman–Crippen LogP) is 3.16. The van der Waals surface area contributed by atoms with Gasteiger partial charge >= 0.3 is 0 Å². The van der Waals surface area contributed by atoms with E-state index in [2.05, 4.69) is 5.32 Å². The third kappa shape index (κ3) is 2.96. The van der Waals surface area contributed by atoms with Gasteiger partial charge in [-0.05, 0) is 31.2 Å². The van der Waals surface area contributed by atoms with E-state index in [-0.39, 0.29) is 11.3 Å². The zero-order chi connectivity index (χ0) is 12.3. The maximum Gasteiger partial charge on any atom is 0.252 e. The summed E-state index contributed by atoms with van der Waals surface area (Å²) in [6, 6.07) is 7.67. The van der Waals surface area contributed by atoms with Gasteiger partial charge in [0.25, 0.3) is 5.91 Å². The summed E-state index contributed by atoms with van der Waals surface area (Å²) in [5, 5.41) is 2.99. The molecule has 0 bridgehead atoms. The number of halogens is 1. The maximum atomic E-state index is 12.0. The van der Waals surface area contributed by atoms with Crippen LogP contribution in [0, 0.1) is 5.41 Å². The topological polar surface area (TPSA) is 29.1 Å². The van der Waals surface area contributed by atoms with Gasteiger partial charge in [0.15, 0.2) is 0 Å². The minimum atomic E-state index is 0.00587. The van der Waals surface area contributed by atoms with E-state index < -0.39 is 0 Å². The van der Waals surface area contributed by atoms with Gasteiger partial charge in [-0.2, -0.15) is 0 Å². The Labute approximate surface area is 111 Å². The molecule has 1 amide bonds. The Morgan fingerprint density at radius 2 is 2.18 bits per heavy atom. The summed E-state index contributed by atoms with van der Waals surface area (Å²) < 4.78 is 0. The number of thioether (sulfide) groups is 1. The molecule has 0 atom stereocenters. The summed E-state index contributed by atoms with van der Waals surface area (Å²) in [4.78, 5) is 13.1. The highest BCUT2D eigenvalue weighted by atomic mass is 35.5. The molecule has 0 aliphatic heterocycles. The monoisotopic (exact) mass is 269 g/mol. The zero-order valence-electron chi connectivity index (χ0n) is 9.83. The second-order valence-corrected chi connectivity index (χ2v) is 5.63. The van der Waals surface area contributed by atoms with Crippen molar-refractivity contribution in [2.45, 2.75) is 17.7 Å². The fraction of sp³-hybridized carbons (Fsp3) is 0.462. The van der Waals surface area contributed by atoms with Crippen LogP contribution < -0.4 is 5.32 Å². The number of alkyl halides is 1. The molecule has 1 aromatic carbocycles. The quantitative estimate of drug-likeness (QED) is 0.657. The average Bonchev–Trinajstić information content (AvgIpc) is 3.16. The van der Waals surface area contributed by atoms with Crippen LogP contribution in [0.5, 0.6) is 0 Å². The molecule has 1 aliphatic rings. The van der Waals surface area contributed by atoms with E-state index in [4.69, 9.17) is 11.6 Å². The van der Waals surface area contributed by atoms with Gasteiger partial charge in [-0.3, -0.25) is 4.79 Å². The molecule has 0 radical (unpaired) electrons. The maximum absolute atomic E-state index is 12.0. The van der Waals surface area contributed by atoms with Crippen molar-refractivity contribution in [1.29, 1.82) is 0 Å². The Bertz CT molecular complexity index is 418. The number of hydrogen-bond donors (Lipinski definition) is 1. The fourth-order valence-electron chi connectivity index (χ4n) is 1.73. The fourth-order valence-corrected chi connectivity index (χ4v) is 2.69. The first-order chi connectivity index (χ1) is 8.21. The van der Waals surface area contributed by atoms with Crippen molar-refractivity contribution >= 4 is 29.3 Å². The molecule has 1 aliphatic carbocycles. The largest absolute Gasteiger partial charge is 0.351 e. The molecule has 1 fully saturated rings. The number of carbonyl (C=O) groups excluding carboxylic acids is 1. The van der Waals surface area contributed by atoms with Gasteiger partial charge in [0, 0.05) is 22.7 Å². The molecule has 2 nitrogen and oxygen atoms in total. The molecule has 1 aromatic rings. The van der Waals surface area contributed by atoms with Crippen molar-refractivity contribution in [3.8, 4) is 0 Å². The van der Waals surface area contributed by atoms with E-state index in [9.17, 15) is 4.79 Å². The summed E-state index contributed by atoms with van der Waals surface area (Å²) in [5.74, 6) is 0.642. The van der Waals surface area contributed by atoms with Crippen LogP contribution in [0.3, 0.4) is 0 Å². The van der Waals surface area contributed by atoms with Gasteiger partial charge in [0.1, 0.15) is 0 Å². The lowest BCUT2D eigenvalue weighted by molar-refractivity contribution is 0.0943. The summed E-state index contributed by atoms with van der Waals surface area (Å²) in [6.07, 6.45) is 4.23. The van der Waals surface area contributed by atoms with Crippen LogP contribution in [-0.2, 0) is 0 Å². The van der Waals surface area contributed by atoms with Crippen molar-refractivity contribution in [2.24, 2.45) is 5.41 Å². The first kappa shape index (κ1) is 12.8. The van der Waals surface area contributed by atoms with Crippen molar-refractivity contribution in [2.75, 3.05) is 18.7 Å². The van der Waals surface area contributed by atoms with E-state index >= 15 is 0 Å². The third-order valence-electron chi connectivity index (χ3n) is 3.22. The molecule has 1 saturated carbocycles. The second kappa shape index (κ2) is 5.32. The molecular weight excluding hydrogens is 254 g/mol. The van der Waals surface area contributed by atoms with Crippen LogP contribution in [0.1, 0.15) is 23.2 Å². The Balaban J connectivity index is 1.99. The first-order valence-electron chi connectivity index (χ1n) is 5.68. The summed E-state index contributed by atoms with van der Waals surface area (Å²) in [7, 11) is 0. The van der Waals surface area contributed by atoms with Crippen molar-refractivity contribution in [3.05, 3.63) is 29.8 Å². The Kier molecular flexibility index (Phi) is 4.00. The van der Waals surface area contributed by atoms with Gasteiger partial charge in [-0.1, -0.05) is 12.1 Å². The van der Waals surface area contributed by atoms with Crippen molar-refractivity contribution in [1.82, 2.24) is 5.32 Å². The minimum absolute atomic E-state index is 0.00587. The van der Waals surface area contributed by atoms with Crippen LogP contribution in [0.15, 0.2) is 29.2 Å². The van der Waals surface area contributed by atoms with Gasteiger partial charge in [-0.15, -0.1) is 23.4 Å². The molecule has 1 N–H and O–H groups in total. The van der Waals surface area contributed by atoms with Crippen molar-refractivity contribution < 1.29 is 4.79 Å². The highest BCUT2D eigenvalue weighted by Crippen LogP contribution is 2.45. The first-order valence-corrected chi connectivity index (χ1v) is 7.44. The summed E-state index contributed by atoms with van der Waals surface area (Å²) in [6.45, 7) is 0.693. The average molecular weight is 270 g/mol. The molecule has 0 heterocycles. The van der Waals surface area contributed by atoms with E-state index in [1.165, 1.54) is 0 Å². The van der Waals surface area contributed by atoms with E-state index in [1.54, 1.807) is 11.8 Å². The summed E-state index contributed by atoms with van der Waals surface area (Å²) in [5.41, 5.74) is 0.927. The van der Waals surface area contributed by atoms with E-state index in [0.29, 0.717) is 12.4 Å². The number of nitrogens with one attached hydrogen (secondary N) is 1. The highest BCUT2D eigenvalue weighted by molar-refractivity contribution is 7.98. The molecule has 0 saturated heterocycles. The lowest BCUT2D eigenvalue weighted by Crippen LogP contribution is -2.31. The number of amides is 1. The second-order valence-electron chi connectivity index (χ2n) is 4.52. The Morgan fingerprint density at radius 3 is 2.76 bits per heavy atom. The van der Waals surface area contributed by atoms with Crippen LogP contribution in [-0.4, -0.2) is 24.6 Å². The number of rotatable bonds is 5. The van der Waals surface area contributed by atoms with Crippen LogP contribution in [0.25, 0.3) is 0 Å². The van der Waals surface area contributed by atoms with Crippen LogP contribution >= 0.6 is 23.4 Å². The number of benzene rings is 1. The summed E-state index contributed by atoms with van der Waals surface area (Å²) >= 11 is 7.48. The standard InChI is InChI=1S/C13H16ClNOS/c1-17-11-5-3-2-4-10(11)12(16)15-9-13(8-14)6-7-13/h2-5H,6-9H2,1H3,(H,15,16). The van der Waals surface area contributed by atoms with Gasteiger partial charge in [-0.25, -0.2) is 0 Å². The third-order valence-corrected chi connectivity index (χ3v) is 4.58. The number of hydrogen-bond acceptors (Lipinski definition) is 2. The Hall–Kier alpha value is -0.670. The van der Waals surface area contributed by atoms with Crippen molar-refractivity contribution in [3.63, 3.8) is 0 Å².